The van der Waals surface area contributed by atoms with Crippen molar-refractivity contribution in [2.24, 2.45) is 0 Å². The molecular formula is C14H18N2O4S. The van der Waals surface area contributed by atoms with Crippen molar-refractivity contribution in [2.75, 3.05) is 25.9 Å². The number of nitrogens with zero attached hydrogens (tertiary/aromatic N) is 1. The molecule has 114 valence electrons. The van der Waals surface area contributed by atoms with Crippen LogP contribution < -0.4 is 5.32 Å². The van der Waals surface area contributed by atoms with Crippen LogP contribution in [-0.4, -0.2) is 51.0 Å². The summed E-state index contributed by atoms with van der Waals surface area (Å²) < 4.78 is 22.4. The molecule has 1 aromatic carbocycles. The van der Waals surface area contributed by atoms with Gasteiger partial charge in [0.05, 0.1) is 5.75 Å². The van der Waals surface area contributed by atoms with Gasteiger partial charge in [0.15, 0.2) is 9.84 Å². The SMILES string of the molecule is CS(=O)(=O)Cc1ccc(C(=O)N2CCNC(=O)CC2)cc1. The highest BCUT2D eigenvalue weighted by atomic mass is 32.2. The second-order valence-electron chi connectivity index (χ2n) is 5.16. The van der Waals surface area contributed by atoms with E-state index in [0.29, 0.717) is 37.2 Å². The molecule has 0 spiro atoms. The third-order valence-corrected chi connectivity index (χ3v) is 4.09. The minimum absolute atomic E-state index is 0.0381. The Bertz CT molecular complexity index is 637. The Morgan fingerprint density at radius 1 is 1.24 bits per heavy atom. The summed E-state index contributed by atoms with van der Waals surface area (Å²) in [5.41, 5.74) is 1.16. The standard InChI is InChI=1S/C14H18N2O4S/c1-21(19,20)10-11-2-4-12(5-3-11)14(18)16-8-6-13(17)15-7-9-16/h2-5H,6-10H2,1H3,(H,15,17). The van der Waals surface area contributed by atoms with E-state index in [-0.39, 0.29) is 17.6 Å². The van der Waals surface area contributed by atoms with Crippen molar-refractivity contribution >= 4 is 21.7 Å². The van der Waals surface area contributed by atoms with Gasteiger partial charge in [0.2, 0.25) is 5.91 Å². The number of sulfone groups is 1. The highest BCUT2D eigenvalue weighted by molar-refractivity contribution is 7.89. The number of benzene rings is 1. The van der Waals surface area contributed by atoms with Crippen molar-refractivity contribution in [3.63, 3.8) is 0 Å². The zero-order valence-corrected chi connectivity index (χ0v) is 12.6. The van der Waals surface area contributed by atoms with Crippen molar-refractivity contribution in [3.8, 4) is 0 Å². The molecule has 1 fully saturated rings. The van der Waals surface area contributed by atoms with E-state index in [1.807, 2.05) is 0 Å². The van der Waals surface area contributed by atoms with Crippen LogP contribution in [0, 0.1) is 0 Å². The van der Waals surface area contributed by atoms with Gasteiger partial charge in [-0.1, -0.05) is 12.1 Å². The number of hydrogen-bond donors (Lipinski definition) is 1. The Kier molecular flexibility index (Phi) is 4.62. The van der Waals surface area contributed by atoms with E-state index < -0.39 is 9.84 Å². The molecule has 1 aromatic rings. The molecule has 0 unspecified atom stereocenters. The normalized spacial score (nSPS) is 16.2. The minimum Gasteiger partial charge on any atom is -0.354 e. The first-order valence-electron chi connectivity index (χ1n) is 6.68. The first kappa shape index (κ1) is 15.5. The maximum Gasteiger partial charge on any atom is 0.253 e. The summed E-state index contributed by atoms with van der Waals surface area (Å²) >= 11 is 0. The number of amides is 2. The summed E-state index contributed by atoms with van der Waals surface area (Å²) in [5.74, 6) is -0.227. The van der Waals surface area contributed by atoms with Crippen LogP contribution in [0.15, 0.2) is 24.3 Å². The fourth-order valence-electron chi connectivity index (χ4n) is 2.20. The van der Waals surface area contributed by atoms with Gasteiger partial charge >= 0.3 is 0 Å². The Labute approximate surface area is 124 Å². The van der Waals surface area contributed by atoms with E-state index in [4.69, 9.17) is 0 Å². The molecule has 1 aliphatic rings. The molecule has 1 aliphatic heterocycles. The van der Waals surface area contributed by atoms with E-state index >= 15 is 0 Å². The smallest absolute Gasteiger partial charge is 0.253 e. The largest absolute Gasteiger partial charge is 0.354 e. The zero-order valence-electron chi connectivity index (χ0n) is 11.8. The molecule has 0 radical (unpaired) electrons. The topological polar surface area (TPSA) is 83.6 Å². The lowest BCUT2D eigenvalue weighted by Crippen LogP contribution is -2.34. The van der Waals surface area contributed by atoms with Gasteiger partial charge in [0.1, 0.15) is 0 Å². The second kappa shape index (κ2) is 6.26. The van der Waals surface area contributed by atoms with Crippen LogP contribution in [0.1, 0.15) is 22.3 Å². The molecule has 7 heteroatoms. The number of carbonyl (C=O) groups excluding carboxylic acids is 2. The van der Waals surface area contributed by atoms with Gasteiger partial charge in [0.25, 0.3) is 5.91 Å². The van der Waals surface area contributed by atoms with Gasteiger partial charge in [-0.05, 0) is 17.7 Å². The summed E-state index contributed by atoms with van der Waals surface area (Å²) in [6.07, 6.45) is 1.48. The molecule has 0 aromatic heterocycles. The lowest BCUT2D eigenvalue weighted by molar-refractivity contribution is -0.120. The van der Waals surface area contributed by atoms with E-state index in [9.17, 15) is 18.0 Å². The Morgan fingerprint density at radius 3 is 2.52 bits per heavy atom. The third kappa shape index (κ3) is 4.56. The predicted molar refractivity (Wildman–Crippen MR) is 78.5 cm³/mol. The molecule has 2 rings (SSSR count). The van der Waals surface area contributed by atoms with Gasteiger partial charge < -0.3 is 10.2 Å². The number of nitrogens with one attached hydrogen (secondary N) is 1. The summed E-state index contributed by atoms with van der Waals surface area (Å²) in [7, 11) is -3.08. The van der Waals surface area contributed by atoms with Crippen LogP contribution in [-0.2, 0) is 20.4 Å². The lowest BCUT2D eigenvalue weighted by atomic mass is 10.1. The van der Waals surface area contributed by atoms with Crippen molar-refractivity contribution in [3.05, 3.63) is 35.4 Å². The van der Waals surface area contributed by atoms with Crippen molar-refractivity contribution in [2.45, 2.75) is 12.2 Å². The molecule has 6 nitrogen and oxygen atoms in total. The number of carbonyl (C=O) groups is 2. The quantitative estimate of drug-likeness (QED) is 0.864. The van der Waals surface area contributed by atoms with Crippen molar-refractivity contribution in [1.82, 2.24) is 10.2 Å². The first-order valence-corrected chi connectivity index (χ1v) is 8.74. The molecule has 0 atom stereocenters. The maximum absolute atomic E-state index is 12.3. The number of hydrogen-bond acceptors (Lipinski definition) is 4. The molecule has 21 heavy (non-hydrogen) atoms. The average Bonchev–Trinajstić information content (AvgIpc) is 2.62. The summed E-state index contributed by atoms with van der Waals surface area (Å²) in [6.45, 7) is 1.34. The van der Waals surface area contributed by atoms with Gasteiger partial charge in [-0.2, -0.15) is 0 Å². The summed E-state index contributed by atoms with van der Waals surface area (Å²) in [5, 5.41) is 2.72. The molecule has 1 N–H and O–H groups in total. The van der Waals surface area contributed by atoms with Gasteiger partial charge in [-0.25, -0.2) is 8.42 Å². The molecule has 0 bridgehead atoms. The highest BCUT2D eigenvalue weighted by Gasteiger charge is 2.19. The molecule has 1 heterocycles. The van der Waals surface area contributed by atoms with E-state index in [2.05, 4.69) is 5.32 Å². The van der Waals surface area contributed by atoms with Crippen LogP contribution in [0.25, 0.3) is 0 Å². The van der Waals surface area contributed by atoms with E-state index in [1.54, 1.807) is 29.2 Å². The van der Waals surface area contributed by atoms with Crippen LogP contribution in [0.3, 0.4) is 0 Å². The van der Waals surface area contributed by atoms with Crippen LogP contribution in [0.4, 0.5) is 0 Å². The van der Waals surface area contributed by atoms with E-state index in [1.165, 1.54) is 6.26 Å². The fraction of sp³-hybridized carbons (Fsp3) is 0.429. The van der Waals surface area contributed by atoms with Gasteiger partial charge in [-0.15, -0.1) is 0 Å². The lowest BCUT2D eigenvalue weighted by Gasteiger charge is -2.19. The van der Waals surface area contributed by atoms with E-state index in [0.717, 1.165) is 0 Å². The Morgan fingerprint density at radius 2 is 1.90 bits per heavy atom. The maximum atomic E-state index is 12.3. The summed E-state index contributed by atoms with van der Waals surface area (Å²) in [4.78, 5) is 25.2. The van der Waals surface area contributed by atoms with Crippen molar-refractivity contribution in [1.29, 1.82) is 0 Å². The van der Waals surface area contributed by atoms with Gasteiger partial charge in [-0.3, -0.25) is 9.59 Å². The molecule has 0 saturated carbocycles. The monoisotopic (exact) mass is 310 g/mol. The van der Waals surface area contributed by atoms with Crippen LogP contribution in [0.5, 0.6) is 0 Å². The highest BCUT2D eigenvalue weighted by Crippen LogP contribution is 2.11. The zero-order chi connectivity index (χ0) is 15.5. The minimum atomic E-state index is -3.08. The molecular weight excluding hydrogens is 292 g/mol. The van der Waals surface area contributed by atoms with Crippen molar-refractivity contribution < 1.29 is 18.0 Å². The predicted octanol–water partition coefficient (Wildman–Crippen LogP) is 0.193. The van der Waals surface area contributed by atoms with Gasteiger partial charge in [0, 0.05) is 37.9 Å². The molecule has 2 amide bonds. The number of rotatable bonds is 3. The Balaban J connectivity index is 2.07. The average molecular weight is 310 g/mol. The Hall–Kier alpha value is -1.89. The third-order valence-electron chi connectivity index (χ3n) is 3.23. The van der Waals surface area contributed by atoms with Crippen LogP contribution >= 0.6 is 0 Å². The van der Waals surface area contributed by atoms with Crippen LogP contribution in [0.2, 0.25) is 0 Å². The second-order valence-corrected chi connectivity index (χ2v) is 7.30. The molecule has 1 saturated heterocycles. The fourth-order valence-corrected chi connectivity index (χ4v) is 3.00. The summed E-state index contributed by atoms with van der Waals surface area (Å²) in [6, 6.07) is 6.55. The first-order chi connectivity index (χ1) is 9.85. The molecule has 0 aliphatic carbocycles.